The number of amides is 1. The molecule has 0 unspecified atom stereocenters. The van der Waals surface area contributed by atoms with Gasteiger partial charge in [-0.3, -0.25) is 9.48 Å². The van der Waals surface area contributed by atoms with Gasteiger partial charge in [-0.05, 0) is 20.3 Å². The van der Waals surface area contributed by atoms with Crippen molar-refractivity contribution >= 4 is 17.5 Å². The third-order valence-electron chi connectivity index (χ3n) is 3.30. The van der Waals surface area contributed by atoms with Crippen LogP contribution in [0.25, 0.3) is 0 Å². The van der Waals surface area contributed by atoms with Crippen LogP contribution in [0.5, 0.6) is 0 Å². The van der Waals surface area contributed by atoms with Gasteiger partial charge < -0.3 is 9.73 Å². The summed E-state index contributed by atoms with van der Waals surface area (Å²) in [4.78, 5) is 15.9. The molecule has 0 fully saturated rings. The van der Waals surface area contributed by atoms with Crippen LogP contribution in [0.1, 0.15) is 41.0 Å². The van der Waals surface area contributed by atoms with Crippen molar-refractivity contribution in [1.82, 2.24) is 20.1 Å². The molecule has 0 radical (unpaired) electrons. The molecule has 7 heteroatoms. The summed E-state index contributed by atoms with van der Waals surface area (Å²) in [6, 6.07) is 0. The van der Waals surface area contributed by atoms with Crippen molar-refractivity contribution in [3.05, 3.63) is 34.3 Å². The maximum Gasteiger partial charge on any atom is 0.273 e. The van der Waals surface area contributed by atoms with E-state index in [9.17, 15) is 4.79 Å². The summed E-state index contributed by atoms with van der Waals surface area (Å²) in [5, 5.41) is 7.89. The Labute approximate surface area is 128 Å². The van der Waals surface area contributed by atoms with Gasteiger partial charge in [0, 0.05) is 19.5 Å². The van der Waals surface area contributed by atoms with Gasteiger partial charge in [0.1, 0.15) is 5.76 Å². The molecule has 2 aromatic rings. The Hall–Kier alpha value is -1.82. The van der Waals surface area contributed by atoms with Gasteiger partial charge in [0.2, 0.25) is 0 Å². The van der Waals surface area contributed by atoms with E-state index in [1.807, 2.05) is 25.5 Å². The Bertz CT molecular complexity index is 633. The lowest BCUT2D eigenvalue weighted by Gasteiger charge is -2.06. The molecule has 6 nitrogen and oxygen atoms in total. The fourth-order valence-corrected chi connectivity index (χ4v) is 2.25. The van der Waals surface area contributed by atoms with Crippen LogP contribution < -0.4 is 5.32 Å². The van der Waals surface area contributed by atoms with Gasteiger partial charge in [-0.25, -0.2) is 4.98 Å². The van der Waals surface area contributed by atoms with E-state index >= 15 is 0 Å². The Kier molecular flexibility index (Phi) is 5.01. The lowest BCUT2D eigenvalue weighted by atomic mass is 10.2. The van der Waals surface area contributed by atoms with E-state index in [0.717, 1.165) is 17.8 Å². The molecule has 1 N–H and O–H groups in total. The van der Waals surface area contributed by atoms with Crippen LogP contribution in [0.15, 0.2) is 10.8 Å². The number of oxazole rings is 1. The van der Waals surface area contributed by atoms with Gasteiger partial charge in [-0.1, -0.05) is 18.5 Å². The summed E-state index contributed by atoms with van der Waals surface area (Å²) in [7, 11) is 0. The van der Waals surface area contributed by atoms with E-state index in [1.54, 1.807) is 0 Å². The molecule has 0 bridgehead atoms. The molecule has 0 spiro atoms. The van der Waals surface area contributed by atoms with Crippen LogP contribution in [-0.2, 0) is 13.0 Å². The first kappa shape index (κ1) is 15.6. The topological polar surface area (TPSA) is 73.0 Å². The van der Waals surface area contributed by atoms with Gasteiger partial charge in [0.25, 0.3) is 5.91 Å². The second kappa shape index (κ2) is 6.76. The van der Waals surface area contributed by atoms with Gasteiger partial charge in [-0.15, -0.1) is 0 Å². The van der Waals surface area contributed by atoms with E-state index in [4.69, 9.17) is 16.0 Å². The highest BCUT2D eigenvalue weighted by atomic mass is 35.5. The van der Waals surface area contributed by atoms with Crippen LogP contribution in [0, 0.1) is 13.8 Å². The Morgan fingerprint density at radius 1 is 1.48 bits per heavy atom. The number of nitrogens with zero attached hydrogens (tertiary/aromatic N) is 3. The molecule has 0 aliphatic carbocycles. The molecule has 2 heterocycles. The highest BCUT2D eigenvalue weighted by Gasteiger charge is 2.14. The van der Waals surface area contributed by atoms with Crippen LogP contribution in [0.2, 0.25) is 5.02 Å². The van der Waals surface area contributed by atoms with Crippen LogP contribution in [0.3, 0.4) is 0 Å². The number of halogens is 1. The van der Waals surface area contributed by atoms with E-state index < -0.39 is 0 Å². The molecule has 0 saturated carbocycles. The zero-order chi connectivity index (χ0) is 15.4. The minimum Gasteiger partial charge on any atom is -0.448 e. The standard InChI is InChI=1S/C14H19ClN4O2/c1-4-11-13(17-8-21-11)14(20)16-6-5-7-19-10(3)12(15)9(2)18-19/h8H,4-7H2,1-3H3,(H,16,20). The molecule has 0 saturated heterocycles. The quantitative estimate of drug-likeness (QED) is 0.832. The SMILES string of the molecule is CCc1ocnc1C(=O)NCCCn1nc(C)c(Cl)c1C. The predicted molar refractivity (Wildman–Crippen MR) is 79.5 cm³/mol. The number of nitrogens with one attached hydrogen (secondary N) is 1. The number of hydrogen-bond acceptors (Lipinski definition) is 4. The molecule has 0 aliphatic rings. The van der Waals surface area contributed by atoms with Crippen molar-refractivity contribution in [2.45, 2.75) is 40.2 Å². The van der Waals surface area contributed by atoms with Crippen molar-refractivity contribution in [3.8, 4) is 0 Å². The zero-order valence-corrected chi connectivity index (χ0v) is 13.2. The van der Waals surface area contributed by atoms with E-state index in [0.29, 0.717) is 36.0 Å². The first-order chi connectivity index (χ1) is 10.0. The lowest BCUT2D eigenvalue weighted by Crippen LogP contribution is -2.26. The zero-order valence-electron chi connectivity index (χ0n) is 12.4. The largest absolute Gasteiger partial charge is 0.448 e. The van der Waals surface area contributed by atoms with Gasteiger partial charge in [0.05, 0.1) is 16.4 Å². The number of aromatic nitrogens is 3. The van der Waals surface area contributed by atoms with Crippen LogP contribution >= 0.6 is 11.6 Å². The summed E-state index contributed by atoms with van der Waals surface area (Å²) in [5.41, 5.74) is 2.14. The number of hydrogen-bond donors (Lipinski definition) is 1. The summed E-state index contributed by atoms with van der Waals surface area (Å²) in [6.07, 6.45) is 2.71. The van der Waals surface area contributed by atoms with Gasteiger partial charge in [-0.2, -0.15) is 5.10 Å². The first-order valence-corrected chi connectivity index (χ1v) is 7.32. The smallest absolute Gasteiger partial charge is 0.273 e. The minimum atomic E-state index is -0.202. The maximum absolute atomic E-state index is 11.9. The summed E-state index contributed by atoms with van der Waals surface area (Å²) in [5.74, 6) is 0.407. The third-order valence-corrected chi connectivity index (χ3v) is 3.85. The summed E-state index contributed by atoms with van der Waals surface area (Å²) in [6.45, 7) is 6.99. The second-order valence-electron chi connectivity index (χ2n) is 4.80. The number of rotatable bonds is 6. The molecule has 0 aliphatic heterocycles. The van der Waals surface area contributed by atoms with Crippen molar-refractivity contribution in [2.75, 3.05) is 6.54 Å². The monoisotopic (exact) mass is 310 g/mol. The molecule has 2 rings (SSSR count). The van der Waals surface area contributed by atoms with Crippen molar-refractivity contribution in [1.29, 1.82) is 0 Å². The number of carbonyl (C=O) groups is 1. The van der Waals surface area contributed by atoms with Crippen molar-refractivity contribution in [3.63, 3.8) is 0 Å². The summed E-state index contributed by atoms with van der Waals surface area (Å²) < 4.78 is 7.00. The fourth-order valence-electron chi connectivity index (χ4n) is 2.11. The Morgan fingerprint density at radius 3 is 2.86 bits per heavy atom. The highest BCUT2D eigenvalue weighted by Crippen LogP contribution is 2.18. The average molecular weight is 311 g/mol. The number of aryl methyl sites for hydroxylation is 3. The average Bonchev–Trinajstić information content (AvgIpc) is 3.04. The molecular weight excluding hydrogens is 292 g/mol. The summed E-state index contributed by atoms with van der Waals surface area (Å²) >= 11 is 6.09. The predicted octanol–water partition coefficient (Wildman–Crippen LogP) is 2.52. The van der Waals surface area contributed by atoms with Gasteiger partial charge >= 0.3 is 0 Å². The van der Waals surface area contributed by atoms with Crippen LogP contribution in [-0.4, -0.2) is 27.2 Å². The molecule has 2 aromatic heterocycles. The van der Waals surface area contributed by atoms with E-state index in [1.165, 1.54) is 6.39 Å². The highest BCUT2D eigenvalue weighted by molar-refractivity contribution is 6.31. The van der Waals surface area contributed by atoms with Crippen LogP contribution in [0.4, 0.5) is 0 Å². The van der Waals surface area contributed by atoms with Gasteiger partial charge in [0.15, 0.2) is 12.1 Å². The van der Waals surface area contributed by atoms with E-state index in [-0.39, 0.29) is 5.91 Å². The molecule has 21 heavy (non-hydrogen) atoms. The molecular formula is C14H19ClN4O2. The van der Waals surface area contributed by atoms with Crippen molar-refractivity contribution in [2.24, 2.45) is 0 Å². The van der Waals surface area contributed by atoms with E-state index in [2.05, 4.69) is 15.4 Å². The Balaban J connectivity index is 1.82. The molecule has 1 amide bonds. The Morgan fingerprint density at radius 2 is 2.24 bits per heavy atom. The fraction of sp³-hybridized carbons (Fsp3) is 0.500. The lowest BCUT2D eigenvalue weighted by molar-refractivity contribution is 0.0946. The third kappa shape index (κ3) is 3.44. The molecule has 0 atom stereocenters. The second-order valence-corrected chi connectivity index (χ2v) is 5.17. The number of carbonyl (C=O) groups excluding carboxylic acids is 1. The first-order valence-electron chi connectivity index (χ1n) is 6.94. The molecule has 0 aromatic carbocycles. The molecule has 114 valence electrons. The normalized spacial score (nSPS) is 10.9. The minimum absolute atomic E-state index is 0.202. The maximum atomic E-state index is 11.9. The van der Waals surface area contributed by atoms with Crippen molar-refractivity contribution < 1.29 is 9.21 Å².